The number of rotatable bonds is 3. The van der Waals surface area contributed by atoms with E-state index in [9.17, 15) is 4.39 Å². The highest BCUT2D eigenvalue weighted by Crippen LogP contribution is 2.16. The number of alkyl halides is 1. The molecule has 1 heterocycles. The fraction of sp³-hybridized carbons (Fsp3) is 1.00. The van der Waals surface area contributed by atoms with E-state index in [0.717, 1.165) is 19.4 Å². The maximum absolute atomic E-state index is 11.7. The van der Waals surface area contributed by atoms with Gasteiger partial charge < -0.3 is 4.74 Å². The minimum absolute atomic E-state index is 0.195. The molecule has 1 nitrogen and oxygen atoms in total. The highest BCUT2D eigenvalue weighted by molar-refractivity contribution is 4.62. The van der Waals surface area contributed by atoms with Crippen molar-refractivity contribution in [3.63, 3.8) is 0 Å². The first kappa shape index (κ1) is 7.99. The van der Waals surface area contributed by atoms with Crippen LogP contribution in [0.15, 0.2) is 0 Å². The van der Waals surface area contributed by atoms with Gasteiger partial charge in [-0.3, -0.25) is 4.39 Å². The highest BCUT2D eigenvalue weighted by Gasteiger charge is 2.12. The summed E-state index contributed by atoms with van der Waals surface area (Å²) in [6.45, 7) is 0.691. The number of ether oxygens (including phenoxy) is 1. The van der Waals surface area contributed by atoms with Crippen molar-refractivity contribution in [1.82, 2.24) is 0 Å². The van der Waals surface area contributed by atoms with Gasteiger partial charge in [0, 0.05) is 6.61 Å². The first-order valence-electron chi connectivity index (χ1n) is 4.11. The summed E-state index contributed by atoms with van der Waals surface area (Å²) in [4.78, 5) is 0. The number of hydrogen-bond donors (Lipinski definition) is 0. The first-order valence-corrected chi connectivity index (χ1v) is 4.11. The van der Waals surface area contributed by atoms with Gasteiger partial charge in [-0.15, -0.1) is 0 Å². The Balaban J connectivity index is 2.02. The molecule has 0 radical (unpaired) electrons. The van der Waals surface area contributed by atoms with Gasteiger partial charge in [0.1, 0.15) is 0 Å². The second-order valence-electron chi connectivity index (χ2n) is 2.82. The summed E-state index contributed by atoms with van der Waals surface area (Å²) < 4.78 is 17.1. The van der Waals surface area contributed by atoms with Crippen molar-refractivity contribution in [2.24, 2.45) is 0 Å². The summed E-state index contributed by atoms with van der Waals surface area (Å²) in [6.07, 6.45) is 5.54. The van der Waals surface area contributed by atoms with Crippen molar-refractivity contribution in [2.75, 3.05) is 13.3 Å². The number of hydrogen-bond acceptors (Lipinski definition) is 1. The fourth-order valence-electron chi connectivity index (χ4n) is 1.34. The Hall–Kier alpha value is -0.110. The molecular formula is C8H15FO. The molecule has 0 saturated carbocycles. The number of halogens is 1. The Kier molecular flexibility index (Phi) is 3.73. The summed E-state index contributed by atoms with van der Waals surface area (Å²) >= 11 is 0. The van der Waals surface area contributed by atoms with E-state index in [0.29, 0.717) is 12.5 Å². The van der Waals surface area contributed by atoms with E-state index < -0.39 is 0 Å². The monoisotopic (exact) mass is 146 g/mol. The van der Waals surface area contributed by atoms with E-state index in [1.165, 1.54) is 12.8 Å². The second kappa shape index (κ2) is 4.67. The van der Waals surface area contributed by atoms with Crippen molar-refractivity contribution in [1.29, 1.82) is 0 Å². The fourth-order valence-corrected chi connectivity index (χ4v) is 1.34. The summed E-state index contributed by atoms with van der Waals surface area (Å²) in [5.41, 5.74) is 0. The van der Waals surface area contributed by atoms with Gasteiger partial charge in [-0.1, -0.05) is 0 Å². The maximum atomic E-state index is 11.7. The van der Waals surface area contributed by atoms with Gasteiger partial charge in [0.15, 0.2) is 0 Å². The molecule has 0 aromatic carbocycles. The highest BCUT2D eigenvalue weighted by atomic mass is 19.1. The lowest BCUT2D eigenvalue weighted by molar-refractivity contribution is 0.00922. The SMILES string of the molecule is FCCCC1CCCCO1. The molecule has 1 atom stereocenters. The van der Waals surface area contributed by atoms with Crippen LogP contribution < -0.4 is 0 Å². The molecule has 1 unspecified atom stereocenters. The Bertz CT molecular complexity index is 79.3. The second-order valence-corrected chi connectivity index (χ2v) is 2.82. The molecule has 0 aromatic rings. The van der Waals surface area contributed by atoms with E-state index in [2.05, 4.69) is 0 Å². The lowest BCUT2D eigenvalue weighted by Gasteiger charge is -2.21. The average Bonchev–Trinajstić information content (AvgIpc) is 2.03. The van der Waals surface area contributed by atoms with Crippen molar-refractivity contribution < 1.29 is 9.13 Å². The van der Waals surface area contributed by atoms with Gasteiger partial charge in [0.25, 0.3) is 0 Å². The molecule has 0 bridgehead atoms. The largest absolute Gasteiger partial charge is 0.378 e. The van der Waals surface area contributed by atoms with Crippen molar-refractivity contribution >= 4 is 0 Å². The quantitative estimate of drug-likeness (QED) is 0.593. The van der Waals surface area contributed by atoms with Crippen LogP contribution in [-0.2, 0) is 4.74 Å². The topological polar surface area (TPSA) is 9.23 Å². The van der Waals surface area contributed by atoms with Crippen LogP contribution in [0.25, 0.3) is 0 Å². The molecule has 1 aliphatic heterocycles. The van der Waals surface area contributed by atoms with Gasteiger partial charge >= 0.3 is 0 Å². The lowest BCUT2D eigenvalue weighted by Crippen LogP contribution is -2.18. The van der Waals surface area contributed by atoms with E-state index in [-0.39, 0.29) is 6.67 Å². The summed E-state index contributed by atoms with van der Waals surface area (Å²) in [5, 5.41) is 0. The molecule has 2 heteroatoms. The minimum Gasteiger partial charge on any atom is -0.378 e. The van der Waals surface area contributed by atoms with E-state index in [4.69, 9.17) is 4.74 Å². The van der Waals surface area contributed by atoms with Gasteiger partial charge in [0.2, 0.25) is 0 Å². The molecule has 0 spiro atoms. The van der Waals surface area contributed by atoms with Crippen LogP contribution in [0, 0.1) is 0 Å². The molecule has 10 heavy (non-hydrogen) atoms. The van der Waals surface area contributed by atoms with Crippen LogP contribution >= 0.6 is 0 Å². The van der Waals surface area contributed by atoms with Crippen molar-refractivity contribution in [2.45, 2.75) is 38.2 Å². The molecule has 1 fully saturated rings. The molecule has 0 aromatic heterocycles. The Labute approximate surface area is 61.6 Å². The van der Waals surface area contributed by atoms with Gasteiger partial charge in [0.05, 0.1) is 12.8 Å². The van der Waals surface area contributed by atoms with Crippen LogP contribution in [0.4, 0.5) is 4.39 Å². The molecule has 1 rings (SSSR count). The molecule has 1 saturated heterocycles. The Morgan fingerprint density at radius 2 is 2.30 bits per heavy atom. The zero-order chi connectivity index (χ0) is 7.23. The average molecular weight is 146 g/mol. The maximum Gasteiger partial charge on any atom is 0.0895 e. The van der Waals surface area contributed by atoms with Crippen LogP contribution in [0.5, 0.6) is 0 Å². The lowest BCUT2D eigenvalue weighted by atomic mass is 10.1. The molecule has 0 N–H and O–H groups in total. The molecule has 0 amide bonds. The van der Waals surface area contributed by atoms with E-state index in [1.807, 2.05) is 0 Å². The van der Waals surface area contributed by atoms with Gasteiger partial charge in [-0.25, -0.2) is 0 Å². The Morgan fingerprint density at radius 3 is 2.90 bits per heavy atom. The zero-order valence-electron chi connectivity index (χ0n) is 6.31. The molecule has 60 valence electrons. The summed E-state index contributed by atoms with van der Waals surface area (Å²) in [5.74, 6) is 0. The predicted molar refractivity (Wildman–Crippen MR) is 38.8 cm³/mol. The van der Waals surface area contributed by atoms with Crippen molar-refractivity contribution in [3.8, 4) is 0 Å². The van der Waals surface area contributed by atoms with E-state index >= 15 is 0 Å². The summed E-state index contributed by atoms with van der Waals surface area (Å²) in [7, 11) is 0. The Morgan fingerprint density at radius 1 is 1.40 bits per heavy atom. The molecular weight excluding hydrogens is 131 g/mol. The smallest absolute Gasteiger partial charge is 0.0895 e. The van der Waals surface area contributed by atoms with Crippen LogP contribution in [-0.4, -0.2) is 19.4 Å². The van der Waals surface area contributed by atoms with Crippen LogP contribution in [0.3, 0.4) is 0 Å². The third-order valence-electron chi connectivity index (χ3n) is 1.93. The van der Waals surface area contributed by atoms with Crippen LogP contribution in [0.2, 0.25) is 0 Å². The van der Waals surface area contributed by atoms with E-state index in [1.54, 1.807) is 0 Å². The van der Waals surface area contributed by atoms with Crippen molar-refractivity contribution in [3.05, 3.63) is 0 Å². The minimum atomic E-state index is -0.195. The summed E-state index contributed by atoms with van der Waals surface area (Å²) in [6, 6.07) is 0. The third kappa shape index (κ3) is 2.65. The predicted octanol–water partition coefficient (Wildman–Crippen LogP) is 2.31. The first-order chi connectivity index (χ1) is 4.93. The normalized spacial score (nSPS) is 26.7. The van der Waals surface area contributed by atoms with Crippen LogP contribution in [0.1, 0.15) is 32.1 Å². The molecule has 1 aliphatic rings. The molecule has 0 aliphatic carbocycles. The van der Waals surface area contributed by atoms with Gasteiger partial charge in [-0.05, 0) is 32.1 Å². The third-order valence-corrected chi connectivity index (χ3v) is 1.93. The standard InChI is InChI=1S/C8H15FO/c9-6-3-5-8-4-1-2-7-10-8/h8H,1-7H2. The van der Waals surface area contributed by atoms with Gasteiger partial charge in [-0.2, -0.15) is 0 Å². The zero-order valence-corrected chi connectivity index (χ0v) is 6.31.